The van der Waals surface area contributed by atoms with Crippen molar-refractivity contribution in [3.8, 4) is 0 Å². The van der Waals surface area contributed by atoms with E-state index in [-0.39, 0.29) is 31.1 Å². The molecule has 0 aromatic carbocycles. The number of allylic oxidation sites excluding steroid dienone is 12. The van der Waals surface area contributed by atoms with Gasteiger partial charge in [-0.25, -0.2) is 0 Å². The predicted molar refractivity (Wildman–Crippen MR) is 293 cm³/mol. The standard InChI is InChI=1S/C62H108O6/c1-4-7-10-13-16-19-22-25-27-29-31-33-34-37-40-43-46-49-52-55-61(64)67-58-59(57-66-60(63)54-51-48-45-42-39-36-24-21-18-15-12-9-6-3)68-62(65)56-53-50-47-44-41-38-35-32-30-28-26-23-20-17-14-11-8-5-2/h7,10,16,19,21,24-25,27,31,33,37,40,59H,4-6,8-9,11-15,17-18,20,22-23,26,28-30,32,34-36,38-39,41-58H2,1-3H3/b10-7-,19-16-,24-21-,27-25-,33-31-,40-37-. The smallest absolute Gasteiger partial charge is 0.306 e. The van der Waals surface area contributed by atoms with E-state index in [9.17, 15) is 14.4 Å². The molecule has 6 heteroatoms. The molecule has 0 radical (unpaired) electrons. The first-order valence-corrected chi connectivity index (χ1v) is 28.9. The Morgan fingerprint density at radius 3 is 0.941 bits per heavy atom. The topological polar surface area (TPSA) is 78.9 Å². The van der Waals surface area contributed by atoms with Crippen LogP contribution in [-0.2, 0) is 28.6 Å². The van der Waals surface area contributed by atoms with Gasteiger partial charge in [0.25, 0.3) is 0 Å². The van der Waals surface area contributed by atoms with Gasteiger partial charge in [0.1, 0.15) is 13.2 Å². The normalized spacial score (nSPS) is 12.6. The molecular weight excluding hydrogens is 841 g/mol. The molecular formula is C62H108O6. The summed E-state index contributed by atoms with van der Waals surface area (Å²) in [7, 11) is 0. The van der Waals surface area contributed by atoms with Crippen LogP contribution in [0, 0.1) is 0 Å². The Kier molecular flexibility index (Phi) is 53.8. The molecule has 1 unspecified atom stereocenters. The number of unbranched alkanes of at least 4 members (excludes halogenated alkanes) is 29. The number of rotatable bonds is 52. The maximum atomic E-state index is 12.9. The van der Waals surface area contributed by atoms with Crippen molar-refractivity contribution in [3.63, 3.8) is 0 Å². The van der Waals surface area contributed by atoms with Crippen molar-refractivity contribution in [2.75, 3.05) is 13.2 Å². The molecule has 68 heavy (non-hydrogen) atoms. The fourth-order valence-electron chi connectivity index (χ4n) is 8.11. The molecule has 0 saturated heterocycles. The van der Waals surface area contributed by atoms with Crippen molar-refractivity contribution in [1.29, 1.82) is 0 Å². The van der Waals surface area contributed by atoms with Crippen LogP contribution in [0.2, 0.25) is 0 Å². The van der Waals surface area contributed by atoms with Crippen LogP contribution in [0.5, 0.6) is 0 Å². The van der Waals surface area contributed by atoms with Gasteiger partial charge >= 0.3 is 17.9 Å². The van der Waals surface area contributed by atoms with Crippen molar-refractivity contribution in [2.24, 2.45) is 0 Å². The zero-order valence-electron chi connectivity index (χ0n) is 44.9. The maximum Gasteiger partial charge on any atom is 0.306 e. The number of esters is 3. The second-order valence-corrected chi connectivity index (χ2v) is 19.2. The van der Waals surface area contributed by atoms with Gasteiger partial charge in [-0.3, -0.25) is 14.4 Å². The summed E-state index contributed by atoms with van der Waals surface area (Å²) in [5.74, 6) is -0.919. The first-order valence-electron chi connectivity index (χ1n) is 28.9. The highest BCUT2D eigenvalue weighted by Gasteiger charge is 2.19. The molecule has 0 aliphatic rings. The van der Waals surface area contributed by atoms with Gasteiger partial charge in [-0.15, -0.1) is 0 Å². The van der Waals surface area contributed by atoms with Crippen molar-refractivity contribution in [1.82, 2.24) is 0 Å². The molecule has 0 bridgehead atoms. The van der Waals surface area contributed by atoms with E-state index in [1.807, 2.05) is 0 Å². The lowest BCUT2D eigenvalue weighted by atomic mass is 10.0. The molecule has 392 valence electrons. The lowest BCUT2D eigenvalue weighted by molar-refractivity contribution is -0.167. The average molecular weight is 950 g/mol. The second kappa shape index (κ2) is 56.4. The van der Waals surface area contributed by atoms with Crippen molar-refractivity contribution < 1.29 is 28.6 Å². The van der Waals surface area contributed by atoms with E-state index >= 15 is 0 Å². The maximum absolute atomic E-state index is 12.9. The first-order chi connectivity index (χ1) is 33.5. The van der Waals surface area contributed by atoms with Crippen molar-refractivity contribution >= 4 is 17.9 Å². The predicted octanol–water partition coefficient (Wildman–Crippen LogP) is 19.4. The highest BCUT2D eigenvalue weighted by atomic mass is 16.6. The molecule has 0 aromatic rings. The van der Waals surface area contributed by atoms with Gasteiger partial charge in [0.15, 0.2) is 6.10 Å². The summed E-state index contributed by atoms with van der Waals surface area (Å²) in [5, 5.41) is 0. The molecule has 0 aromatic heterocycles. The lowest BCUT2D eigenvalue weighted by Gasteiger charge is -2.18. The highest BCUT2D eigenvalue weighted by molar-refractivity contribution is 5.71. The van der Waals surface area contributed by atoms with Gasteiger partial charge in [-0.05, 0) is 89.9 Å². The molecule has 0 aliphatic carbocycles. The Labute approximate surface area is 421 Å². The Morgan fingerprint density at radius 2 is 0.574 bits per heavy atom. The minimum atomic E-state index is -0.791. The fraction of sp³-hybridized carbons (Fsp3) is 0.758. The largest absolute Gasteiger partial charge is 0.462 e. The van der Waals surface area contributed by atoms with Crippen LogP contribution in [-0.4, -0.2) is 37.2 Å². The second-order valence-electron chi connectivity index (χ2n) is 19.2. The molecule has 0 aliphatic heterocycles. The summed E-state index contributed by atoms with van der Waals surface area (Å²) in [4.78, 5) is 38.1. The lowest BCUT2D eigenvalue weighted by Crippen LogP contribution is -2.30. The number of carbonyl (C=O) groups excluding carboxylic acids is 3. The minimum absolute atomic E-state index is 0.0883. The highest BCUT2D eigenvalue weighted by Crippen LogP contribution is 2.16. The zero-order valence-corrected chi connectivity index (χ0v) is 44.9. The molecule has 0 rings (SSSR count). The van der Waals surface area contributed by atoms with Gasteiger partial charge in [-0.1, -0.05) is 248 Å². The van der Waals surface area contributed by atoms with E-state index in [4.69, 9.17) is 14.2 Å². The Morgan fingerprint density at radius 1 is 0.309 bits per heavy atom. The van der Waals surface area contributed by atoms with Gasteiger partial charge in [-0.2, -0.15) is 0 Å². The van der Waals surface area contributed by atoms with Crippen LogP contribution >= 0.6 is 0 Å². The minimum Gasteiger partial charge on any atom is -0.462 e. The van der Waals surface area contributed by atoms with Gasteiger partial charge in [0.2, 0.25) is 0 Å². The summed E-state index contributed by atoms with van der Waals surface area (Å²) >= 11 is 0. The van der Waals surface area contributed by atoms with E-state index in [1.165, 1.54) is 141 Å². The van der Waals surface area contributed by atoms with E-state index in [0.717, 1.165) is 103 Å². The average Bonchev–Trinajstić information content (AvgIpc) is 3.34. The van der Waals surface area contributed by atoms with E-state index in [1.54, 1.807) is 0 Å². The van der Waals surface area contributed by atoms with Crippen LogP contribution in [0.15, 0.2) is 72.9 Å². The van der Waals surface area contributed by atoms with E-state index < -0.39 is 6.10 Å². The van der Waals surface area contributed by atoms with Crippen LogP contribution in [0.25, 0.3) is 0 Å². The molecule has 0 amide bonds. The van der Waals surface area contributed by atoms with Crippen LogP contribution in [0.3, 0.4) is 0 Å². The number of carbonyl (C=O) groups is 3. The summed E-state index contributed by atoms with van der Waals surface area (Å²) in [6, 6.07) is 0. The number of hydrogen-bond donors (Lipinski definition) is 0. The van der Waals surface area contributed by atoms with Crippen LogP contribution in [0.1, 0.15) is 284 Å². The van der Waals surface area contributed by atoms with E-state index in [0.29, 0.717) is 19.3 Å². The van der Waals surface area contributed by atoms with Crippen LogP contribution < -0.4 is 0 Å². The summed E-state index contributed by atoms with van der Waals surface area (Å²) < 4.78 is 16.8. The molecule has 0 heterocycles. The molecule has 6 nitrogen and oxygen atoms in total. The van der Waals surface area contributed by atoms with E-state index in [2.05, 4.69) is 93.7 Å². The number of hydrogen-bond acceptors (Lipinski definition) is 6. The fourth-order valence-corrected chi connectivity index (χ4v) is 8.11. The Balaban J connectivity index is 4.41. The number of ether oxygens (including phenoxy) is 3. The Bertz CT molecular complexity index is 1270. The van der Waals surface area contributed by atoms with Gasteiger partial charge < -0.3 is 14.2 Å². The Hall–Kier alpha value is -3.15. The summed E-state index contributed by atoms with van der Waals surface area (Å²) in [6.07, 6.45) is 71.8. The van der Waals surface area contributed by atoms with Crippen molar-refractivity contribution in [3.05, 3.63) is 72.9 Å². The van der Waals surface area contributed by atoms with Crippen LogP contribution in [0.4, 0.5) is 0 Å². The SMILES string of the molecule is CC/C=C\C/C=C\C/C=C\C/C=C\C/C=C\CCCCCC(=O)OCC(COC(=O)CCCCCCC/C=C\CCCCCC)OC(=O)CCCCCCCCCCCCCCCCCCCC. The molecule has 0 N–H and O–H groups in total. The summed E-state index contributed by atoms with van der Waals surface area (Å²) in [6.45, 7) is 6.50. The summed E-state index contributed by atoms with van der Waals surface area (Å²) in [5.41, 5.74) is 0. The molecule has 0 spiro atoms. The quantitative estimate of drug-likeness (QED) is 0.0262. The first kappa shape index (κ1) is 64.8. The van der Waals surface area contributed by atoms with Gasteiger partial charge in [0.05, 0.1) is 0 Å². The molecule has 0 saturated carbocycles. The third-order valence-corrected chi connectivity index (χ3v) is 12.4. The molecule has 1 atom stereocenters. The van der Waals surface area contributed by atoms with Crippen molar-refractivity contribution in [2.45, 2.75) is 290 Å². The third-order valence-electron chi connectivity index (χ3n) is 12.4. The monoisotopic (exact) mass is 949 g/mol. The zero-order chi connectivity index (χ0) is 49.3. The van der Waals surface area contributed by atoms with Gasteiger partial charge in [0, 0.05) is 19.3 Å². The molecule has 0 fully saturated rings. The third kappa shape index (κ3) is 53.8.